The minimum atomic E-state index is -0.309. The number of ether oxygens (including phenoxy) is 1. The molecule has 0 radical (unpaired) electrons. The first kappa shape index (κ1) is 21.1. The number of carbonyl (C=O) groups is 1. The Bertz CT molecular complexity index is 1070. The fourth-order valence-electron chi connectivity index (χ4n) is 3.87. The molecular formula is C24H27FN4O2. The van der Waals surface area contributed by atoms with Gasteiger partial charge in [0, 0.05) is 24.5 Å². The lowest BCUT2D eigenvalue weighted by atomic mass is 10.0. The maximum absolute atomic E-state index is 13.3. The maximum Gasteiger partial charge on any atom is 0.259 e. The van der Waals surface area contributed by atoms with Gasteiger partial charge in [-0.3, -0.25) is 4.79 Å². The molecule has 0 atom stereocenters. The van der Waals surface area contributed by atoms with Crippen LogP contribution in [0, 0.1) is 12.7 Å². The van der Waals surface area contributed by atoms with E-state index in [9.17, 15) is 9.18 Å². The van der Waals surface area contributed by atoms with E-state index in [1.165, 1.54) is 12.1 Å². The molecule has 31 heavy (non-hydrogen) atoms. The van der Waals surface area contributed by atoms with Crippen LogP contribution < -0.4 is 10.2 Å². The number of benzene rings is 2. The number of hydrogen-bond acceptors (Lipinski definition) is 4. The van der Waals surface area contributed by atoms with Crippen LogP contribution in [0.4, 0.5) is 15.8 Å². The SMILES string of the molecule is Cc1cc(N2CCOCC2)ccc1NC(=O)c1cnn(-c2ccc(F)cc2)c1C(C)C. The van der Waals surface area contributed by atoms with Crippen LogP contribution in [0.5, 0.6) is 0 Å². The summed E-state index contributed by atoms with van der Waals surface area (Å²) in [5, 5.41) is 7.44. The third kappa shape index (κ3) is 4.46. The molecule has 2 heterocycles. The minimum Gasteiger partial charge on any atom is -0.378 e. The van der Waals surface area contributed by atoms with Gasteiger partial charge in [-0.1, -0.05) is 13.8 Å². The van der Waals surface area contributed by atoms with Crippen LogP contribution in [0.25, 0.3) is 5.69 Å². The molecule has 4 rings (SSSR count). The van der Waals surface area contributed by atoms with Gasteiger partial charge >= 0.3 is 0 Å². The van der Waals surface area contributed by atoms with Crippen LogP contribution in [0.1, 0.15) is 41.4 Å². The van der Waals surface area contributed by atoms with E-state index in [1.807, 2.05) is 32.9 Å². The summed E-state index contributed by atoms with van der Waals surface area (Å²) in [5.74, 6) is -0.464. The van der Waals surface area contributed by atoms with E-state index >= 15 is 0 Å². The number of nitrogens with one attached hydrogen (secondary N) is 1. The molecule has 1 amide bonds. The highest BCUT2D eigenvalue weighted by Gasteiger charge is 2.22. The van der Waals surface area contributed by atoms with Gasteiger partial charge < -0.3 is 15.0 Å². The van der Waals surface area contributed by atoms with E-state index < -0.39 is 0 Å². The molecule has 0 bridgehead atoms. The van der Waals surface area contributed by atoms with Crippen molar-refractivity contribution >= 4 is 17.3 Å². The first-order valence-electron chi connectivity index (χ1n) is 10.5. The van der Waals surface area contributed by atoms with Crippen LogP contribution >= 0.6 is 0 Å². The molecule has 1 aliphatic heterocycles. The second-order valence-electron chi connectivity index (χ2n) is 8.04. The third-order valence-corrected chi connectivity index (χ3v) is 5.50. The van der Waals surface area contributed by atoms with E-state index in [-0.39, 0.29) is 17.6 Å². The number of amides is 1. The summed E-state index contributed by atoms with van der Waals surface area (Å²) in [6.07, 6.45) is 1.57. The first-order valence-corrected chi connectivity index (χ1v) is 10.5. The fraction of sp³-hybridized carbons (Fsp3) is 0.333. The second-order valence-corrected chi connectivity index (χ2v) is 8.04. The molecule has 1 N–H and O–H groups in total. The molecule has 6 nitrogen and oxygen atoms in total. The van der Waals surface area contributed by atoms with E-state index in [0.29, 0.717) is 5.56 Å². The maximum atomic E-state index is 13.3. The Morgan fingerprint density at radius 1 is 1.10 bits per heavy atom. The van der Waals surface area contributed by atoms with Crippen molar-refractivity contribution in [3.8, 4) is 5.69 Å². The lowest BCUT2D eigenvalue weighted by Crippen LogP contribution is -2.36. The Kier molecular flexibility index (Phi) is 6.04. The molecule has 0 aliphatic carbocycles. The molecule has 1 aromatic heterocycles. The molecule has 1 fully saturated rings. The number of morpholine rings is 1. The van der Waals surface area contributed by atoms with E-state index in [4.69, 9.17) is 4.74 Å². The zero-order valence-corrected chi connectivity index (χ0v) is 18.1. The highest BCUT2D eigenvalue weighted by atomic mass is 19.1. The number of aryl methyl sites for hydroxylation is 1. The number of nitrogens with zero attached hydrogens (tertiary/aromatic N) is 3. The average molecular weight is 423 g/mol. The summed E-state index contributed by atoms with van der Waals surface area (Å²) < 4.78 is 20.4. The molecule has 0 saturated carbocycles. The summed E-state index contributed by atoms with van der Waals surface area (Å²) in [5.41, 5.74) is 4.91. The van der Waals surface area contributed by atoms with Gasteiger partial charge in [-0.2, -0.15) is 5.10 Å². The molecule has 3 aromatic rings. The smallest absolute Gasteiger partial charge is 0.259 e. The summed E-state index contributed by atoms with van der Waals surface area (Å²) in [6.45, 7) is 9.20. The zero-order chi connectivity index (χ0) is 22.0. The topological polar surface area (TPSA) is 59.4 Å². The van der Waals surface area contributed by atoms with Crippen LogP contribution in [0.2, 0.25) is 0 Å². The Hall–Kier alpha value is -3.19. The Labute approximate surface area is 181 Å². The third-order valence-electron chi connectivity index (χ3n) is 5.50. The van der Waals surface area contributed by atoms with Gasteiger partial charge in [-0.05, 0) is 60.9 Å². The van der Waals surface area contributed by atoms with Gasteiger partial charge in [0.2, 0.25) is 0 Å². The normalized spacial score (nSPS) is 14.2. The minimum absolute atomic E-state index is 0.0538. The van der Waals surface area contributed by atoms with E-state index in [0.717, 1.165) is 54.6 Å². The molecular weight excluding hydrogens is 395 g/mol. The van der Waals surface area contributed by atoms with Crippen molar-refractivity contribution in [1.82, 2.24) is 9.78 Å². The van der Waals surface area contributed by atoms with Crippen LogP contribution in [0.15, 0.2) is 48.7 Å². The number of hydrogen-bond donors (Lipinski definition) is 1. The van der Waals surface area contributed by atoms with Crippen LogP contribution in [0.3, 0.4) is 0 Å². The summed E-state index contributed by atoms with van der Waals surface area (Å²) in [4.78, 5) is 15.4. The monoisotopic (exact) mass is 422 g/mol. The van der Waals surface area contributed by atoms with Crippen molar-refractivity contribution < 1.29 is 13.9 Å². The average Bonchev–Trinajstić information content (AvgIpc) is 3.22. The molecule has 0 unspecified atom stereocenters. The van der Waals surface area contributed by atoms with Crippen molar-refractivity contribution in [2.24, 2.45) is 0 Å². The fourth-order valence-corrected chi connectivity index (χ4v) is 3.87. The van der Waals surface area contributed by atoms with Gasteiger partial charge in [0.05, 0.1) is 36.4 Å². The number of rotatable bonds is 5. The standard InChI is InChI=1S/C24H27FN4O2/c1-16(2)23-21(15-26-29(23)19-6-4-18(25)5-7-19)24(30)27-22-9-8-20(14-17(22)3)28-10-12-31-13-11-28/h4-9,14-16H,10-13H2,1-3H3,(H,27,30). The van der Waals surface area contributed by atoms with E-state index in [1.54, 1.807) is 23.0 Å². The second kappa shape index (κ2) is 8.89. The Morgan fingerprint density at radius 2 is 1.77 bits per heavy atom. The summed E-state index contributed by atoms with van der Waals surface area (Å²) in [7, 11) is 0. The van der Waals surface area contributed by atoms with Crippen molar-refractivity contribution in [3.63, 3.8) is 0 Å². The highest BCUT2D eigenvalue weighted by molar-refractivity contribution is 6.05. The number of halogens is 1. The van der Waals surface area contributed by atoms with Crippen molar-refractivity contribution in [2.75, 3.05) is 36.5 Å². The number of carbonyl (C=O) groups excluding carboxylic acids is 1. The van der Waals surface area contributed by atoms with Gasteiger partial charge in [0.25, 0.3) is 5.91 Å². The largest absolute Gasteiger partial charge is 0.378 e. The van der Waals surface area contributed by atoms with Crippen molar-refractivity contribution in [1.29, 1.82) is 0 Å². The Balaban J connectivity index is 1.58. The molecule has 1 aliphatic rings. The quantitative estimate of drug-likeness (QED) is 0.656. The Morgan fingerprint density at radius 3 is 2.42 bits per heavy atom. The lowest BCUT2D eigenvalue weighted by molar-refractivity contribution is 0.102. The molecule has 1 saturated heterocycles. The van der Waals surface area contributed by atoms with Gasteiger partial charge in [0.15, 0.2) is 0 Å². The number of aromatic nitrogens is 2. The highest BCUT2D eigenvalue weighted by Crippen LogP contribution is 2.27. The number of anilines is 2. The van der Waals surface area contributed by atoms with E-state index in [2.05, 4.69) is 21.4 Å². The first-order chi connectivity index (χ1) is 14.9. The predicted molar refractivity (Wildman–Crippen MR) is 120 cm³/mol. The molecule has 0 spiro atoms. The van der Waals surface area contributed by atoms with Gasteiger partial charge in [-0.15, -0.1) is 0 Å². The van der Waals surface area contributed by atoms with Crippen molar-refractivity contribution in [3.05, 3.63) is 71.3 Å². The molecule has 2 aromatic carbocycles. The molecule has 7 heteroatoms. The van der Waals surface area contributed by atoms with Crippen LogP contribution in [-0.2, 0) is 4.74 Å². The summed E-state index contributed by atoms with van der Waals surface area (Å²) in [6, 6.07) is 12.2. The van der Waals surface area contributed by atoms with Crippen molar-refractivity contribution in [2.45, 2.75) is 26.7 Å². The lowest BCUT2D eigenvalue weighted by Gasteiger charge is -2.29. The summed E-state index contributed by atoms with van der Waals surface area (Å²) >= 11 is 0. The van der Waals surface area contributed by atoms with Crippen LogP contribution in [-0.4, -0.2) is 42.0 Å². The van der Waals surface area contributed by atoms with Gasteiger partial charge in [0.1, 0.15) is 5.82 Å². The predicted octanol–water partition coefficient (Wildman–Crippen LogP) is 4.53. The van der Waals surface area contributed by atoms with Gasteiger partial charge in [-0.25, -0.2) is 9.07 Å². The molecule has 162 valence electrons. The zero-order valence-electron chi connectivity index (χ0n) is 18.1.